The molecule has 1 aromatic rings. The maximum absolute atomic E-state index is 12.9. The van der Waals surface area contributed by atoms with Crippen LogP contribution in [0.5, 0.6) is 5.75 Å². The third-order valence-corrected chi connectivity index (χ3v) is 5.87. The van der Waals surface area contributed by atoms with Crippen LogP contribution in [0.1, 0.15) is 39.0 Å². The molecule has 2 bridgehead atoms. The van der Waals surface area contributed by atoms with Gasteiger partial charge >= 0.3 is 0 Å². The van der Waals surface area contributed by atoms with E-state index in [-0.39, 0.29) is 35.5 Å². The van der Waals surface area contributed by atoms with E-state index in [2.05, 4.69) is 19.1 Å². The summed E-state index contributed by atoms with van der Waals surface area (Å²) in [5.41, 5.74) is 0.671. The SMILES string of the molecule is CCCCCOc1ccc(N2C(=O)[C@H]3[C@H](C2=O)[C@H]2C=C[C@H]3CC2)cc1. The number of unbranched alkanes of at least 4 members (excludes halogenated alkanes) is 2. The second kappa shape index (κ2) is 6.66. The number of hydrogen-bond acceptors (Lipinski definition) is 3. The zero-order chi connectivity index (χ0) is 17.4. The van der Waals surface area contributed by atoms with E-state index in [1.54, 1.807) is 0 Å². The number of anilines is 1. The molecule has 4 nitrogen and oxygen atoms in total. The largest absolute Gasteiger partial charge is 0.494 e. The number of benzene rings is 1. The summed E-state index contributed by atoms with van der Waals surface area (Å²) in [4.78, 5) is 27.2. The van der Waals surface area contributed by atoms with Gasteiger partial charge in [-0.2, -0.15) is 0 Å². The van der Waals surface area contributed by atoms with Gasteiger partial charge in [0.25, 0.3) is 0 Å². The molecule has 1 saturated heterocycles. The Morgan fingerprint density at radius 1 is 0.960 bits per heavy atom. The quantitative estimate of drug-likeness (QED) is 0.448. The summed E-state index contributed by atoms with van der Waals surface area (Å²) in [7, 11) is 0. The summed E-state index contributed by atoms with van der Waals surface area (Å²) in [6.45, 7) is 2.87. The Hall–Kier alpha value is -2.10. The van der Waals surface area contributed by atoms with Crippen molar-refractivity contribution < 1.29 is 14.3 Å². The topological polar surface area (TPSA) is 46.6 Å². The summed E-state index contributed by atoms with van der Waals surface area (Å²) < 4.78 is 5.72. The van der Waals surface area contributed by atoms with Gasteiger partial charge in [-0.3, -0.25) is 14.5 Å². The molecule has 3 aliphatic carbocycles. The molecule has 1 aliphatic heterocycles. The molecule has 0 N–H and O–H groups in total. The van der Waals surface area contributed by atoms with Crippen molar-refractivity contribution >= 4 is 17.5 Å². The van der Waals surface area contributed by atoms with E-state index in [0.29, 0.717) is 12.3 Å². The first kappa shape index (κ1) is 16.4. The number of fused-ring (bicyclic) bond motifs is 1. The molecule has 2 fully saturated rings. The lowest BCUT2D eigenvalue weighted by atomic mass is 9.63. The molecule has 0 unspecified atom stereocenters. The van der Waals surface area contributed by atoms with E-state index in [1.165, 1.54) is 11.3 Å². The molecule has 0 aromatic heterocycles. The normalized spacial score (nSPS) is 30.0. The number of carbonyl (C=O) groups excluding carboxylic acids is 2. The minimum absolute atomic E-state index is 0.0225. The fraction of sp³-hybridized carbons (Fsp3) is 0.524. The van der Waals surface area contributed by atoms with Crippen LogP contribution in [0.3, 0.4) is 0 Å². The predicted octanol–water partition coefficient (Wildman–Crippen LogP) is 3.96. The average Bonchev–Trinajstić information content (AvgIpc) is 2.94. The minimum atomic E-state index is -0.152. The first-order valence-corrected chi connectivity index (χ1v) is 9.49. The summed E-state index contributed by atoms with van der Waals surface area (Å²) in [5, 5.41) is 0. The van der Waals surface area contributed by atoms with Crippen LogP contribution in [0, 0.1) is 23.7 Å². The highest BCUT2D eigenvalue weighted by molar-refractivity contribution is 6.22. The third-order valence-electron chi connectivity index (χ3n) is 5.87. The van der Waals surface area contributed by atoms with Crippen LogP contribution in [0.4, 0.5) is 5.69 Å². The van der Waals surface area contributed by atoms with Gasteiger partial charge in [-0.05, 0) is 55.4 Å². The molecule has 1 aromatic carbocycles. The Kier molecular flexibility index (Phi) is 4.36. The molecule has 132 valence electrons. The zero-order valence-corrected chi connectivity index (χ0v) is 14.7. The molecule has 0 radical (unpaired) electrons. The van der Waals surface area contributed by atoms with Crippen LogP contribution in [0.2, 0.25) is 0 Å². The fourth-order valence-corrected chi connectivity index (χ4v) is 4.56. The predicted molar refractivity (Wildman–Crippen MR) is 96.3 cm³/mol. The number of hydrogen-bond donors (Lipinski definition) is 0. The number of carbonyl (C=O) groups is 2. The van der Waals surface area contributed by atoms with Crippen molar-refractivity contribution in [3.05, 3.63) is 36.4 Å². The van der Waals surface area contributed by atoms with Crippen molar-refractivity contribution in [2.45, 2.75) is 39.0 Å². The molecule has 1 saturated carbocycles. The third kappa shape index (κ3) is 2.78. The first-order valence-electron chi connectivity index (χ1n) is 9.49. The van der Waals surface area contributed by atoms with Crippen LogP contribution in [-0.4, -0.2) is 18.4 Å². The van der Waals surface area contributed by atoms with Gasteiger partial charge in [-0.25, -0.2) is 0 Å². The van der Waals surface area contributed by atoms with Gasteiger partial charge in [0.2, 0.25) is 11.8 Å². The Bertz CT molecular complexity index is 662. The van der Waals surface area contributed by atoms with E-state index in [9.17, 15) is 9.59 Å². The van der Waals surface area contributed by atoms with E-state index in [0.717, 1.165) is 31.4 Å². The number of rotatable bonds is 6. The fourth-order valence-electron chi connectivity index (χ4n) is 4.56. The standard InChI is InChI=1S/C21H25NO3/c1-2-3-4-13-25-17-11-9-16(10-12-17)22-20(23)18-14-5-6-15(8-7-14)19(18)21(22)24/h5-6,9-12,14-15,18-19H,2-4,7-8,13H2,1H3/t14-,15-,18+,19+/m0/s1. The highest BCUT2D eigenvalue weighted by atomic mass is 16.5. The lowest BCUT2D eigenvalue weighted by Gasteiger charge is -2.38. The van der Waals surface area contributed by atoms with Gasteiger partial charge in [0.05, 0.1) is 24.1 Å². The molecule has 4 heteroatoms. The van der Waals surface area contributed by atoms with E-state index in [4.69, 9.17) is 4.74 Å². The molecular formula is C21H25NO3. The van der Waals surface area contributed by atoms with Crippen LogP contribution in [0.25, 0.3) is 0 Å². The Morgan fingerprint density at radius 3 is 2.08 bits per heavy atom. The second-order valence-electron chi connectivity index (χ2n) is 7.40. The van der Waals surface area contributed by atoms with Gasteiger partial charge < -0.3 is 4.74 Å². The van der Waals surface area contributed by atoms with E-state index in [1.807, 2.05) is 24.3 Å². The minimum Gasteiger partial charge on any atom is -0.494 e. The van der Waals surface area contributed by atoms with E-state index < -0.39 is 0 Å². The Balaban J connectivity index is 1.49. The molecule has 1 heterocycles. The van der Waals surface area contributed by atoms with Gasteiger partial charge in [0.1, 0.15) is 5.75 Å². The molecule has 4 aliphatic rings. The van der Waals surface area contributed by atoms with Gasteiger partial charge in [0.15, 0.2) is 0 Å². The molecule has 2 amide bonds. The highest BCUT2D eigenvalue weighted by Gasteiger charge is 2.56. The van der Waals surface area contributed by atoms with Crippen molar-refractivity contribution in [3.8, 4) is 5.75 Å². The maximum atomic E-state index is 12.9. The molecule has 25 heavy (non-hydrogen) atoms. The number of allylic oxidation sites excluding steroid dienone is 2. The molecule has 5 rings (SSSR count). The van der Waals surface area contributed by atoms with Crippen molar-refractivity contribution in [2.75, 3.05) is 11.5 Å². The number of nitrogens with zero attached hydrogens (tertiary/aromatic N) is 1. The van der Waals surface area contributed by atoms with Gasteiger partial charge in [-0.15, -0.1) is 0 Å². The van der Waals surface area contributed by atoms with E-state index >= 15 is 0 Å². The highest BCUT2D eigenvalue weighted by Crippen LogP contribution is 2.50. The number of amides is 2. The monoisotopic (exact) mass is 339 g/mol. The van der Waals surface area contributed by atoms with Crippen molar-refractivity contribution in [1.29, 1.82) is 0 Å². The Labute approximate surface area is 148 Å². The summed E-state index contributed by atoms with van der Waals surface area (Å²) in [5.74, 6) is 0.909. The number of ether oxygens (including phenoxy) is 1. The lowest BCUT2D eigenvalue weighted by molar-refractivity contribution is -0.124. The van der Waals surface area contributed by atoms with Crippen molar-refractivity contribution in [2.24, 2.45) is 23.7 Å². The second-order valence-corrected chi connectivity index (χ2v) is 7.40. The van der Waals surface area contributed by atoms with Crippen molar-refractivity contribution in [1.82, 2.24) is 0 Å². The summed E-state index contributed by atoms with van der Waals surface area (Å²) in [6, 6.07) is 7.38. The van der Waals surface area contributed by atoms with Gasteiger partial charge in [0, 0.05) is 0 Å². The van der Waals surface area contributed by atoms with Crippen LogP contribution in [-0.2, 0) is 9.59 Å². The van der Waals surface area contributed by atoms with Crippen molar-refractivity contribution in [3.63, 3.8) is 0 Å². The maximum Gasteiger partial charge on any atom is 0.238 e. The smallest absolute Gasteiger partial charge is 0.238 e. The average molecular weight is 339 g/mol. The number of imide groups is 1. The van der Waals surface area contributed by atoms with Crippen LogP contribution in [0.15, 0.2) is 36.4 Å². The summed E-state index contributed by atoms with van der Waals surface area (Å²) in [6.07, 6.45) is 9.73. The van der Waals surface area contributed by atoms with Crippen LogP contribution >= 0.6 is 0 Å². The lowest BCUT2D eigenvalue weighted by Crippen LogP contribution is -2.38. The molecular weight excluding hydrogens is 314 g/mol. The first-order chi connectivity index (χ1) is 12.2. The summed E-state index contributed by atoms with van der Waals surface area (Å²) >= 11 is 0. The van der Waals surface area contributed by atoms with Crippen LogP contribution < -0.4 is 9.64 Å². The molecule has 4 atom stereocenters. The van der Waals surface area contributed by atoms with Gasteiger partial charge in [-0.1, -0.05) is 31.9 Å². The molecule has 0 spiro atoms. The zero-order valence-electron chi connectivity index (χ0n) is 14.7. The Morgan fingerprint density at radius 2 is 1.56 bits per heavy atom.